The average molecular weight is 325 g/mol. The number of fused-ring (bicyclic) bond motifs is 1. The Morgan fingerprint density at radius 2 is 2.04 bits per heavy atom. The van der Waals surface area contributed by atoms with Gasteiger partial charge in [-0.15, -0.1) is 0 Å². The Bertz CT molecular complexity index is 966. The number of para-hydroxylation sites is 1. The van der Waals surface area contributed by atoms with Gasteiger partial charge in [0, 0.05) is 12.8 Å². The van der Waals surface area contributed by atoms with Crippen molar-refractivity contribution in [3.63, 3.8) is 0 Å². The average Bonchev–Trinajstić information content (AvgIpc) is 2.56. The number of aromatic amines is 1. The van der Waals surface area contributed by atoms with Crippen molar-refractivity contribution < 1.29 is 9.18 Å². The number of H-pyrrole nitrogens is 1. The van der Waals surface area contributed by atoms with Crippen molar-refractivity contribution in [2.24, 2.45) is 0 Å². The first-order chi connectivity index (χ1) is 11.5. The number of rotatable bonds is 4. The Hall–Kier alpha value is -3.02. The van der Waals surface area contributed by atoms with E-state index in [1.54, 1.807) is 37.3 Å². The molecule has 1 heterocycles. The zero-order valence-corrected chi connectivity index (χ0v) is 13.1. The summed E-state index contributed by atoms with van der Waals surface area (Å²) in [5, 5.41) is 3.03. The normalized spacial score (nSPS) is 10.8. The highest BCUT2D eigenvalue weighted by Crippen LogP contribution is 2.15. The molecule has 24 heavy (non-hydrogen) atoms. The molecule has 5 nitrogen and oxygen atoms in total. The predicted molar refractivity (Wildman–Crippen MR) is 90.5 cm³/mol. The van der Waals surface area contributed by atoms with Gasteiger partial charge in [-0.05, 0) is 36.8 Å². The highest BCUT2D eigenvalue weighted by atomic mass is 19.1. The molecule has 0 aliphatic rings. The van der Waals surface area contributed by atoms with Gasteiger partial charge in [-0.25, -0.2) is 9.37 Å². The van der Waals surface area contributed by atoms with Crippen molar-refractivity contribution in [1.82, 2.24) is 9.97 Å². The molecule has 0 bridgehead atoms. The van der Waals surface area contributed by atoms with Crippen LogP contribution in [0.15, 0.2) is 47.3 Å². The summed E-state index contributed by atoms with van der Waals surface area (Å²) in [6.45, 7) is 1.77. The molecule has 1 aromatic heterocycles. The topological polar surface area (TPSA) is 74.8 Å². The molecule has 0 aliphatic carbocycles. The van der Waals surface area contributed by atoms with Crippen molar-refractivity contribution in [3.05, 3.63) is 70.0 Å². The Labute approximate surface area is 137 Å². The van der Waals surface area contributed by atoms with Crippen molar-refractivity contribution in [2.75, 3.05) is 5.32 Å². The molecule has 122 valence electrons. The SMILES string of the molecule is Cc1ccc(NC(=O)CCc2nc3ccccc3c(=O)[nH]2)c(F)c1. The summed E-state index contributed by atoms with van der Waals surface area (Å²) in [5.74, 6) is -0.382. The number of nitrogens with zero attached hydrogens (tertiary/aromatic N) is 1. The van der Waals surface area contributed by atoms with Gasteiger partial charge in [0.1, 0.15) is 11.6 Å². The summed E-state index contributed by atoms with van der Waals surface area (Å²) >= 11 is 0. The van der Waals surface area contributed by atoms with Gasteiger partial charge < -0.3 is 10.3 Å². The first-order valence-corrected chi connectivity index (χ1v) is 7.57. The number of nitrogens with one attached hydrogen (secondary N) is 2. The fraction of sp³-hybridized carbons (Fsp3) is 0.167. The quantitative estimate of drug-likeness (QED) is 0.774. The predicted octanol–water partition coefficient (Wildman–Crippen LogP) is 2.94. The van der Waals surface area contributed by atoms with Crippen molar-refractivity contribution >= 4 is 22.5 Å². The van der Waals surface area contributed by atoms with Crippen LogP contribution < -0.4 is 10.9 Å². The lowest BCUT2D eigenvalue weighted by Gasteiger charge is -2.07. The molecule has 3 rings (SSSR count). The summed E-state index contributed by atoms with van der Waals surface area (Å²) in [7, 11) is 0. The van der Waals surface area contributed by atoms with Crippen LogP contribution in [-0.4, -0.2) is 15.9 Å². The minimum Gasteiger partial charge on any atom is -0.324 e. The molecule has 0 unspecified atom stereocenters. The van der Waals surface area contributed by atoms with Crippen LogP contribution in [0, 0.1) is 12.7 Å². The third kappa shape index (κ3) is 3.48. The number of hydrogen-bond donors (Lipinski definition) is 2. The second-order valence-electron chi connectivity index (χ2n) is 5.56. The van der Waals surface area contributed by atoms with Crippen LogP contribution >= 0.6 is 0 Å². The number of carbonyl (C=O) groups is 1. The summed E-state index contributed by atoms with van der Waals surface area (Å²) in [6, 6.07) is 11.6. The first-order valence-electron chi connectivity index (χ1n) is 7.57. The molecule has 0 aliphatic heterocycles. The molecule has 6 heteroatoms. The molecule has 0 saturated carbocycles. The fourth-order valence-corrected chi connectivity index (χ4v) is 2.42. The summed E-state index contributed by atoms with van der Waals surface area (Å²) in [6.07, 6.45) is 0.355. The van der Waals surface area contributed by atoms with E-state index in [9.17, 15) is 14.0 Å². The standard InChI is InChI=1S/C18H16FN3O2/c1-11-6-7-15(13(19)10-11)21-17(23)9-8-16-20-14-5-3-2-4-12(14)18(24)22-16/h2-7,10H,8-9H2,1H3,(H,21,23)(H,20,22,24). The Morgan fingerprint density at radius 1 is 1.25 bits per heavy atom. The van der Waals surface area contributed by atoms with E-state index in [0.29, 0.717) is 16.7 Å². The molecular weight excluding hydrogens is 309 g/mol. The van der Waals surface area contributed by atoms with Crippen LogP contribution in [0.2, 0.25) is 0 Å². The van der Waals surface area contributed by atoms with Gasteiger partial charge in [0.05, 0.1) is 16.6 Å². The third-order valence-corrected chi connectivity index (χ3v) is 3.65. The Balaban J connectivity index is 1.69. The van der Waals surface area contributed by atoms with Gasteiger partial charge in [0.15, 0.2) is 0 Å². The monoisotopic (exact) mass is 325 g/mol. The minimum atomic E-state index is -0.472. The van der Waals surface area contributed by atoms with E-state index in [4.69, 9.17) is 0 Å². The zero-order chi connectivity index (χ0) is 17.1. The maximum absolute atomic E-state index is 13.7. The van der Waals surface area contributed by atoms with E-state index >= 15 is 0 Å². The molecule has 3 aromatic rings. The summed E-state index contributed by atoms with van der Waals surface area (Å²) in [4.78, 5) is 30.9. The smallest absolute Gasteiger partial charge is 0.258 e. The number of hydrogen-bond acceptors (Lipinski definition) is 3. The second-order valence-corrected chi connectivity index (χ2v) is 5.56. The van der Waals surface area contributed by atoms with Crippen LogP contribution in [-0.2, 0) is 11.2 Å². The number of aromatic nitrogens is 2. The molecule has 2 aromatic carbocycles. The highest BCUT2D eigenvalue weighted by molar-refractivity contribution is 5.91. The zero-order valence-electron chi connectivity index (χ0n) is 13.1. The molecule has 0 saturated heterocycles. The minimum absolute atomic E-state index is 0.0919. The number of halogens is 1. The highest BCUT2D eigenvalue weighted by Gasteiger charge is 2.09. The molecule has 0 spiro atoms. The Morgan fingerprint density at radius 3 is 2.83 bits per heavy atom. The van der Waals surface area contributed by atoms with Crippen LogP contribution in [0.3, 0.4) is 0 Å². The second kappa shape index (κ2) is 6.62. The maximum atomic E-state index is 13.7. The number of aryl methyl sites for hydroxylation is 2. The van der Waals surface area contributed by atoms with Crippen molar-refractivity contribution in [1.29, 1.82) is 0 Å². The van der Waals surface area contributed by atoms with Crippen LogP contribution in [0.1, 0.15) is 17.8 Å². The van der Waals surface area contributed by atoms with Crippen molar-refractivity contribution in [2.45, 2.75) is 19.8 Å². The number of benzene rings is 2. The largest absolute Gasteiger partial charge is 0.324 e. The molecule has 0 atom stereocenters. The van der Waals surface area contributed by atoms with Gasteiger partial charge in [-0.1, -0.05) is 18.2 Å². The molecule has 1 amide bonds. The van der Waals surface area contributed by atoms with E-state index in [0.717, 1.165) is 5.56 Å². The van der Waals surface area contributed by atoms with Gasteiger partial charge in [-0.3, -0.25) is 9.59 Å². The fourth-order valence-electron chi connectivity index (χ4n) is 2.42. The van der Waals surface area contributed by atoms with Gasteiger partial charge >= 0.3 is 0 Å². The molecule has 0 fully saturated rings. The molecule has 2 N–H and O–H groups in total. The van der Waals surface area contributed by atoms with Gasteiger partial charge in [0.2, 0.25) is 5.91 Å². The Kier molecular flexibility index (Phi) is 4.37. The lowest BCUT2D eigenvalue weighted by atomic mass is 10.2. The van der Waals surface area contributed by atoms with Crippen LogP contribution in [0.25, 0.3) is 10.9 Å². The summed E-state index contributed by atoms with van der Waals surface area (Å²) < 4.78 is 13.7. The number of amides is 1. The van der Waals surface area contributed by atoms with Crippen molar-refractivity contribution in [3.8, 4) is 0 Å². The van der Waals surface area contributed by atoms with E-state index in [2.05, 4.69) is 15.3 Å². The summed E-state index contributed by atoms with van der Waals surface area (Å²) in [5.41, 5.74) is 1.27. The van der Waals surface area contributed by atoms with Crippen LogP contribution in [0.4, 0.5) is 10.1 Å². The number of anilines is 1. The third-order valence-electron chi connectivity index (χ3n) is 3.65. The maximum Gasteiger partial charge on any atom is 0.258 e. The van der Waals surface area contributed by atoms with E-state index in [1.165, 1.54) is 12.1 Å². The lowest BCUT2D eigenvalue weighted by molar-refractivity contribution is -0.116. The van der Waals surface area contributed by atoms with E-state index in [-0.39, 0.29) is 30.0 Å². The number of carbonyl (C=O) groups excluding carboxylic acids is 1. The van der Waals surface area contributed by atoms with Crippen LogP contribution in [0.5, 0.6) is 0 Å². The van der Waals surface area contributed by atoms with E-state index in [1.807, 2.05) is 0 Å². The molecule has 0 radical (unpaired) electrons. The van der Waals surface area contributed by atoms with E-state index < -0.39 is 5.82 Å². The molecular formula is C18H16FN3O2. The lowest BCUT2D eigenvalue weighted by Crippen LogP contribution is -2.16. The first kappa shape index (κ1) is 15.9. The van der Waals surface area contributed by atoms with Gasteiger partial charge in [0.25, 0.3) is 5.56 Å². The van der Waals surface area contributed by atoms with Gasteiger partial charge in [-0.2, -0.15) is 0 Å².